The Hall–Kier alpha value is -1.97. The van der Waals surface area contributed by atoms with Crippen LogP contribution in [0.25, 0.3) is 10.9 Å². The van der Waals surface area contributed by atoms with Crippen molar-refractivity contribution in [3.8, 4) is 5.75 Å². The van der Waals surface area contributed by atoms with E-state index in [0.717, 1.165) is 39.9 Å². The van der Waals surface area contributed by atoms with E-state index in [1.165, 1.54) is 0 Å². The third-order valence-corrected chi connectivity index (χ3v) is 3.28. The zero-order valence-electron chi connectivity index (χ0n) is 9.89. The quantitative estimate of drug-likeness (QED) is 0.784. The minimum atomic E-state index is 0.00477. The van der Waals surface area contributed by atoms with E-state index in [9.17, 15) is 4.79 Å². The fraction of sp³-hybridized carbons (Fsp3) is 0.308. The molecule has 2 aromatic rings. The van der Waals surface area contributed by atoms with Crippen LogP contribution in [0.3, 0.4) is 0 Å². The second kappa shape index (κ2) is 3.52. The number of aryl methyl sites for hydroxylation is 1. The molecular weight excluding hydrogens is 216 g/mol. The molecule has 0 spiro atoms. The molecule has 0 atom stereocenters. The van der Waals surface area contributed by atoms with Gasteiger partial charge in [-0.1, -0.05) is 0 Å². The van der Waals surface area contributed by atoms with Gasteiger partial charge in [0.05, 0.1) is 12.7 Å². The van der Waals surface area contributed by atoms with Crippen LogP contribution in [-0.4, -0.2) is 24.5 Å². The number of ether oxygens (including phenoxy) is 1. The molecule has 3 rings (SSSR count). The van der Waals surface area contributed by atoms with Crippen molar-refractivity contribution in [3.63, 3.8) is 0 Å². The Kier molecular flexibility index (Phi) is 2.11. The number of hydrogen-bond donors (Lipinski definition) is 2. The van der Waals surface area contributed by atoms with Crippen LogP contribution in [0.15, 0.2) is 12.1 Å². The molecule has 88 valence electrons. The number of hydrogen-bond acceptors (Lipinski definition) is 2. The third-order valence-electron chi connectivity index (χ3n) is 3.28. The summed E-state index contributed by atoms with van der Waals surface area (Å²) in [5, 5.41) is 3.83. The Morgan fingerprint density at radius 1 is 1.35 bits per heavy atom. The second-order valence-corrected chi connectivity index (χ2v) is 4.35. The van der Waals surface area contributed by atoms with Crippen molar-refractivity contribution in [2.45, 2.75) is 13.3 Å². The van der Waals surface area contributed by atoms with Gasteiger partial charge in [0.2, 0.25) is 0 Å². The van der Waals surface area contributed by atoms with E-state index in [0.29, 0.717) is 6.54 Å². The molecule has 0 saturated heterocycles. The molecule has 2 heterocycles. The zero-order chi connectivity index (χ0) is 12.0. The molecule has 1 aliphatic heterocycles. The largest absolute Gasteiger partial charge is 0.497 e. The number of rotatable bonds is 1. The van der Waals surface area contributed by atoms with Crippen molar-refractivity contribution < 1.29 is 9.53 Å². The van der Waals surface area contributed by atoms with Crippen molar-refractivity contribution in [3.05, 3.63) is 29.0 Å². The molecule has 1 amide bonds. The fourth-order valence-electron chi connectivity index (χ4n) is 2.45. The molecule has 0 saturated carbocycles. The molecule has 2 N–H and O–H groups in total. The number of carbonyl (C=O) groups excluding carboxylic acids is 1. The van der Waals surface area contributed by atoms with E-state index in [2.05, 4.69) is 10.3 Å². The predicted octanol–water partition coefficient (Wildman–Crippen LogP) is 1.77. The molecular formula is C13H14N2O2. The van der Waals surface area contributed by atoms with Crippen molar-refractivity contribution in [2.24, 2.45) is 0 Å². The summed E-state index contributed by atoms with van der Waals surface area (Å²) in [5.74, 6) is 0.792. The summed E-state index contributed by atoms with van der Waals surface area (Å²) in [4.78, 5) is 15.2. The lowest BCUT2D eigenvalue weighted by atomic mass is 10.0. The first-order valence-electron chi connectivity index (χ1n) is 5.68. The molecule has 0 unspecified atom stereocenters. The third kappa shape index (κ3) is 1.40. The van der Waals surface area contributed by atoms with Gasteiger partial charge in [0.25, 0.3) is 5.91 Å². The van der Waals surface area contributed by atoms with E-state index >= 15 is 0 Å². The summed E-state index contributed by atoms with van der Waals surface area (Å²) >= 11 is 0. The van der Waals surface area contributed by atoms with Crippen LogP contribution in [0.4, 0.5) is 0 Å². The predicted molar refractivity (Wildman–Crippen MR) is 65.6 cm³/mol. The summed E-state index contributed by atoms with van der Waals surface area (Å²) in [7, 11) is 1.64. The molecule has 4 heteroatoms. The van der Waals surface area contributed by atoms with Gasteiger partial charge in [-0.15, -0.1) is 0 Å². The number of aromatic nitrogens is 1. The topological polar surface area (TPSA) is 54.1 Å². The van der Waals surface area contributed by atoms with E-state index in [-0.39, 0.29) is 5.91 Å². The summed E-state index contributed by atoms with van der Waals surface area (Å²) in [6.45, 7) is 2.72. The Balaban J connectivity index is 2.36. The zero-order valence-corrected chi connectivity index (χ0v) is 9.89. The minimum Gasteiger partial charge on any atom is -0.497 e. The van der Waals surface area contributed by atoms with Crippen LogP contribution in [-0.2, 0) is 6.42 Å². The number of nitrogens with one attached hydrogen (secondary N) is 2. The number of aromatic amines is 1. The Morgan fingerprint density at radius 2 is 2.18 bits per heavy atom. The molecule has 4 nitrogen and oxygen atoms in total. The monoisotopic (exact) mass is 230 g/mol. The Labute approximate surface area is 99.0 Å². The lowest BCUT2D eigenvalue weighted by Gasteiger charge is -2.12. The maximum Gasteiger partial charge on any atom is 0.253 e. The smallest absolute Gasteiger partial charge is 0.253 e. The standard InChI is InChI=1S/C13H14N2O2/c1-7-5-8(17-2)6-9-11-10(15-12(7)9)3-4-14-13(11)16/h5-6,15H,3-4H2,1-2H3,(H,14,16). The van der Waals surface area contributed by atoms with Crippen LogP contribution >= 0.6 is 0 Å². The van der Waals surface area contributed by atoms with Crippen LogP contribution in [0.5, 0.6) is 5.75 Å². The van der Waals surface area contributed by atoms with Gasteiger partial charge in [-0.05, 0) is 24.6 Å². The van der Waals surface area contributed by atoms with Gasteiger partial charge >= 0.3 is 0 Å². The first-order valence-corrected chi connectivity index (χ1v) is 5.68. The van der Waals surface area contributed by atoms with Crippen LogP contribution in [0.1, 0.15) is 21.6 Å². The van der Waals surface area contributed by atoms with Crippen molar-refractivity contribution in [2.75, 3.05) is 13.7 Å². The first-order chi connectivity index (χ1) is 8.20. The Bertz CT molecular complexity index is 613. The SMILES string of the molecule is COc1cc(C)c2[nH]c3c(c2c1)C(=O)NCC3. The number of benzene rings is 1. The highest BCUT2D eigenvalue weighted by molar-refractivity contribution is 6.09. The highest BCUT2D eigenvalue weighted by Crippen LogP contribution is 2.30. The number of amides is 1. The van der Waals surface area contributed by atoms with Crippen LogP contribution in [0.2, 0.25) is 0 Å². The Morgan fingerprint density at radius 3 is 2.94 bits per heavy atom. The molecule has 0 fully saturated rings. The summed E-state index contributed by atoms with van der Waals surface area (Å²) in [6.07, 6.45) is 0.859. The summed E-state index contributed by atoms with van der Waals surface area (Å²) in [5.41, 5.74) is 3.93. The maximum atomic E-state index is 11.9. The summed E-state index contributed by atoms with van der Waals surface area (Å²) in [6, 6.07) is 3.89. The van der Waals surface area contributed by atoms with Gasteiger partial charge in [0, 0.05) is 29.6 Å². The molecule has 1 aliphatic rings. The second-order valence-electron chi connectivity index (χ2n) is 4.35. The van der Waals surface area contributed by atoms with Crippen molar-refractivity contribution in [1.82, 2.24) is 10.3 Å². The molecule has 1 aromatic carbocycles. The molecule has 0 bridgehead atoms. The van der Waals surface area contributed by atoms with Crippen molar-refractivity contribution >= 4 is 16.8 Å². The van der Waals surface area contributed by atoms with Gasteiger partial charge in [-0.25, -0.2) is 0 Å². The van der Waals surface area contributed by atoms with E-state index in [1.54, 1.807) is 7.11 Å². The molecule has 0 aliphatic carbocycles. The summed E-state index contributed by atoms with van der Waals surface area (Å²) < 4.78 is 5.25. The molecule has 1 aromatic heterocycles. The van der Waals surface area contributed by atoms with Crippen LogP contribution in [0, 0.1) is 6.92 Å². The lowest BCUT2D eigenvalue weighted by molar-refractivity contribution is 0.0947. The van der Waals surface area contributed by atoms with Crippen LogP contribution < -0.4 is 10.1 Å². The number of fused-ring (bicyclic) bond motifs is 3. The van der Waals surface area contributed by atoms with E-state index in [4.69, 9.17) is 4.74 Å². The number of methoxy groups -OCH3 is 1. The first kappa shape index (κ1) is 10.2. The molecule has 17 heavy (non-hydrogen) atoms. The van der Waals surface area contributed by atoms with Gasteiger partial charge in [-0.3, -0.25) is 4.79 Å². The number of H-pyrrole nitrogens is 1. The average molecular weight is 230 g/mol. The highest BCUT2D eigenvalue weighted by Gasteiger charge is 2.23. The van der Waals surface area contributed by atoms with Gasteiger partial charge < -0.3 is 15.0 Å². The van der Waals surface area contributed by atoms with E-state index in [1.807, 2.05) is 19.1 Å². The average Bonchev–Trinajstić information content (AvgIpc) is 2.69. The number of carbonyl (C=O) groups is 1. The minimum absolute atomic E-state index is 0.00477. The van der Waals surface area contributed by atoms with E-state index < -0.39 is 0 Å². The highest BCUT2D eigenvalue weighted by atomic mass is 16.5. The maximum absolute atomic E-state index is 11.9. The fourth-order valence-corrected chi connectivity index (χ4v) is 2.45. The van der Waals surface area contributed by atoms with Gasteiger partial charge in [0.15, 0.2) is 0 Å². The van der Waals surface area contributed by atoms with Gasteiger partial charge in [-0.2, -0.15) is 0 Å². The van der Waals surface area contributed by atoms with Gasteiger partial charge in [0.1, 0.15) is 5.75 Å². The normalized spacial score (nSPS) is 14.6. The lowest BCUT2D eigenvalue weighted by Crippen LogP contribution is -2.31. The van der Waals surface area contributed by atoms with Crippen molar-refractivity contribution in [1.29, 1.82) is 0 Å². The molecule has 0 radical (unpaired) electrons.